The molecule has 2 bridgehead atoms. The van der Waals surface area contributed by atoms with Crippen LogP contribution in [0.15, 0.2) is 12.1 Å². The molecule has 0 aromatic heterocycles. The van der Waals surface area contributed by atoms with Gasteiger partial charge in [0.1, 0.15) is 0 Å². The molecule has 0 spiro atoms. The number of benzene rings is 1. The summed E-state index contributed by atoms with van der Waals surface area (Å²) in [5.74, 6) is 0.542. The minimum Gasteiger partial charge on any atom is -0.493 e. The predicted octanol–water partition coefficient (Wildman–Crippen LogP) is 2.05. The van der Waals surface area contributed by atoms with E-state index in [4.69, 9.17) is 9.47 Å². The van der Waals surface area contributed by atoms with Gasteiger partial charge < -0.3 is 25.0 Å². The maximum absolute atomic E-state index is 13.0. The van der Waals surface area contributed by atoms with Gasteiger partial charge in [-0.15, -0.1) is 12.4 Å². The first-order valence-electron chi connectivity index (χ1n) is 8.60. The standard InChI is InChI=1S/C18H25N3O4.ClH/c1-11(22)19-15-8-12(9-16(24-2)17(15)25-3)18(23)21-7-6-13-4-5-14(10-21)20-13;/h8-9,13-14,20H,4-7,10H2,1-3H3,(H,19,22);1H. The van der Waals surface area contributed by atoms with Gasteiger partial charge in [0.05, 0.1) is 19.9 Å². The Balaban J connectivity index is 0.00000243. The van der Waals surface area contributed by atoms with Gasteiger partial charge in [0.25, 0.3) is 5.91 Å². The van der Waals surface area contributed by atoms with E-state index in [1.54, 1.807) is 12.1 Å². The van der Waals surface area contributed by atoms with E-state index in [-0.39, 0.29) is 24.2 Å². The number of halogens is 1. The largest absolute Gasteiger partial charge is 0.493 e. The second kappa shape index (κ2) is 8.60. The van der Waals surface area contributed by atoms with Crippen molar-refractivity contribution in [2.24, 2.45) is 0 Å². The lowest BCUT2D eigenvalue weighted by molar-refractivity contribution is -0.114. The van der Waals surface area contributed by atoms with Crippen molar-refractivity contribution in [1.29, 1.82) is 0 Å². The Kier molecular flexibility index (Phi) is 6.72. The summed E-state index contributed by atoms with van der Waals surface area (Å²) in [6.07, 6.45) is 3.27. The molecule has 0 radical (unpaired) electrons. The van der Waals surface area contributed by atoms with Gasteiger partial charge in [-0.25, -0.2) is 0 Å². The molecule has 2 atom stereocenters. The van der Waals surface area contributed by atoms with E-state index in [2.05, 4.69) is 10.6 Å². The highest BCUT2D eigenvalue weighted by molar-refractivity contribution is 5.99. The number of methoxy groups -OCH3 is 2. The van der Waals surface area contributed by atoms with E-state index in [0.29, 0.717) is 41.4 Å². The van der Waals surface area contributed by atoms with E-state index in [1.165, 1.54) is 27.6 Å². The average Bonchev–Trinajstić information content (AvgIpc) is 2.91. The molecule has 2 aliphatic heterocycles. The van der Waals surface area contributed by atoms with Crippen molar-refractivity contribution in [3.8, 4) is 11.5 Å². The van der Waals surface area contributed by atoms with Crippen molar-refractivity contribution in [1.82, 2.24) is 10.2 Å². The zero-order chi connectivity index (χ0) is 18.0. The van der Waals surface area contributed by atoms with Crippen molar-refractivity contribution < 1.29 is 19.1 Å². The van der Waals surface area contributed by atoms with Crippen LogP contribution in [-0.2, 0) is 4.79 Å². The minimum atomic E-state index is -0.235. The van der Waals surface area contributed by atoms with Crippen LogP contribution in [0.2, 0.25) is 0 Å². The van der Waals surface area contributed by atoms with Gasteiger partial charge in [-0.3, -0.25) is 9.59 Å². The Morgan fingerprint density at radius 2 is 1.88 bits per heavy atom. The van der Waals surface area contributed by atoms with Crippen molar-refractivity contribution in [2.45, 2.75) is 38.3 Å². The molecule has 26 heavy (non-hydrogen) atoms. The van der Waals surface area contributed by atoms with Gasteiger partial charge in [-0.05, 0) is 31.4 Å². The summed E-state index contributed by atoms with van der Waals surface area (Å²) < 4.78 is 10.7. The van der Waals surface area contributed by atoms with Gasteiger partial charge in [0.2, 0.25) is 5.91 Å². The van der Waals surface area contributed by atoms with Crippen molar-refractivity contribution in [3.05, 3.63) is 17.7 Å². The number of carbonyl (C=O) groups excluding carboxylic acids is 2. The number of carbonyl (C=O) groups is 2. The number of amides is 2. The number of hydrogen-bond acceptors (Lipinski definition) is 5. The van der Waals surface area contributed by atoms with Crippen LogP contribution < -0.4 is 20.1 Å². The summed E-state index contributed by atoms with van der Waals surface area (Å²) in [6.45, 7) is 2.85. The highest BCUT2D eigenvalue weighted by Gasteiger charge is 2.32. The average molecular weight is 384 g/mol. The van der Waals surface area contributed by atoms with Gasteiger partial charge in [0, 0.05) is 37.7 Å². The number of anilines is 1. The number of nitrogens with one attached hydrogen (secondary N) is 2. The third-order valence-electron chi connectivity index (χ3n) is 4.85. The fraction of sp³-hybridized carbons (Fsp3) is 0.556. The molecule has 2 amide bonds. The van der Waals surface area contributed by atoms with Gasteiger partial charge >= 0.3 is 0 Å². The molecular formula is C18H26ClN3O4. The zero-order valence-electron chi connectivity index (χ0n) is 15.3. The van der Waals surface area contributed by atoms with E-state index in [0.717, 1.165) is 19.4 Å². The first kappa shape index (κ1) is 20.3. The summed E-state index contributed by atoms with van der Waals surface area (Å²) in [6, 6.07) is 4.21. The van der Waals surface area contributed by atoms with E-state index in [9.17, 15) is 9.59 Å². The Morgan fingerprint density at radius 3 is 2.54 bits per heavy atom. The van der Waals surface area contributed by atoms with Crippen LogP contribution in [0.5, 0.6) is 11.5 Å². The zero-order valence-corrected chi connectivity index (χ0v) is 16.1. The molecule has 2 heterocycles. The second-order valence-electron chi connectivity index (χ2n) is 6.62. The van der Waals surface area contributed by atoms with Gasteiger partial charge in [-0.1, -0.05) is 0 Å². The Labute approximate surface area is 159 Å². The predicted molar refractivity (Wildman–Crippen MR) is 102 cm³/mol. The van der Waals surface area contributed by atoms with Crippen LogP contribution in [0, 0.1) is 0 Å². The van der Waals surface area contributed by atoms with Gasteiger partial charge in [-0.2, -0.15) is 0 Å². The van der Waals surface area contributed by atoms with Crippen LogP contribution in [0.25, 0.3) is 0 Å². The molecule has 7 nitrogen and oxygen atoms in total. The van der Waals surface area contributed by atoms with E-state index in [1.807, 2.05) is 4.90 Å². The van der Waals surface area contributed by atoms with E-state index < -0.39 is 0 Å². The molecule has 3 rings (SSSR count). The lowest BCUT2D eigenvalue weighted by Crippen LogP contribution is -2.39. The fourth-order valence-electron chi connectivity index (χ4n) is 3.68. The summed E-state index contributed by atoms with van der Waals surface area (Å²) in [5.41, 5.74) is 0.923. The SMILES string of the molecule is COc1cc(C(=O)N2CCC3CCC(C2)N3)cc(NC(C)=O)c1OC.Cl. The lowest BCUT2D eigenvalue weighted by atomic mass is 10.1. The summed E-state index contributed by atoms with van der Waals surface area (Å²) in [7, 11) is 3.01. The molecule has 2 fully saturated rings. The highest BCUT2D eigenvalue weighted by atomic mass is 35.5. The van der Waals surface area contributed by atoms with E-state index >= 15 is 0 Å². The van der Waals surface area contributed by atoms with Gasteiger partial charge in [0.15, 0.2) is 11.5 Å². The smallest absolute Gasteiger partial charge is 0.254 e. The van der Waals surface area contributed by atoms with Crippen LogP contribution >= 0.6 is 12.4 Å². The Bertz CT molecular complexity index is 683. The first-order chi connectivity index (χ1) is 12.0. The summed E-state index contributed by atoms with van der Waals surface area (Å²) in [4.78, 5) is 26.4. The molecular weight excluding hydrogens is 358 g/mol. The molecule has 144 valence electrons. The number of hydrogen-bond donors (Lipinski definition) is 2. The molecule has 0 aliphatic carbocycles. The molecule has 2 unspecified atom stereocenters. The topological polar surface area (TPSA) is 79.9 Å². The van der Waals surface area contributed by atoms with Crippen molar-refractivity contribution >= 4 is 29.9 Å². The Morgan fingerprint density at radius 1 is 1.15 bits per heavy atom. The third kappa shape index (κ3) is 4.22. The lowest BCUT2D eigenvalue weighted by Gasteiger charge is -2.25. The molecule has 1 aromatic carbocycles. The molecule has 0 saturated carbocycles. The van der Waals surface area contributed by atoms with Crippen LogP contribution in [0.3, 0.4) is 0 Å². The summed E-state index contributed by atoms with van der Waals surface area (Å²) in [5, 5.41) is 6.28. The maximum Gasteiger partial charge on any atom is 0.254 e. The molecule has 1 aromatic rings. The number of nitrogens with zero attached hydrogens (tertiary/aromatic N) is 1. The molecule has 2 aliphatic rings. The maximum atomic E-state index is 13.0. The van der Waals surface area contributed by atoms with Crippen LogP contribution in [-0.4, -0.2) is 56.1 Å². The number of likely N-dealkylation sites (tertiary alicyclic amines) is 1. The minimum absolute atomic E-state index is 0. The van der Waals surface area contributed by atoms with Crippen molar-refractivity contribution in [2.75, 3.05) is 32.6 Å². The Hall–Kier alpha value is -1.99. The number of rotatable bonds is 4. The normalized spacial score (nSPS) is 21.4. The number of ether oxygens (including phenoxy) is 2. The highest BCUT2D eigenvalue weighted by Crippen LogP contribution is 2.37. The monoisotopic (exact) mass is 383 g/mol. The van der Waals surface area contributed by atoms with Crippen molar-refractivity contribution in [3.63, 3.8) is 0 Å². The first-order valence-corrected chi connectivity index (χ1v) is 8.60. The molecule has 2 N–H and O–H groups in total. The fourth-order valence-corrected chi connectivity index (χ4v) is 3.68. The second-order valence-corrected chi connectivity index (χ2v) is 6.62. The third-order valence-corrected chi connectivity index (χ3v) is 4.85. The molecule has 2 saturated heterocycles. The molecule has 8 heteroatoms. The van der Waals surface area contributed by atoms with Crippen LogP contribution in [0.1, 0.15) is 36.5 Å². The quantitative estimate of drug-likeness (QED) is 0.831. The number of fused-ring (bicyclic) bond motifs is 2. The summed E-state index contributed by atoms with van der Waals surface area (Å²) >= 11 is 0. The van der Waals surface area contributed by atoms with Crippen LogP contribution in [0.4, 0.5) is 5.69 Å².